The molecule has 2 aliphatic carbocycles. The molecule has 0 bridgehead atoms. The second-order valence-electron chi connectivity index (χ2n) is 8.16. The minimum atomic E-state index is -0.209. The Balaban J connectivity index is 1.95. The van der Waals surface area contributed by atoms with Gasteiger partial charge in [0.1, 0.15) is 0 Å². The Hall–Kier alpha value is -2.61. The summed E-state index contributed by atoms with van der Waals surface area (Å²) in [6.07, 6.45) is 4.03. The van der Waals surface area contributed by atoms with Gasteiger partial charge in [-0.2, -0.15) is 0 Å². The summed E-state index contributed by atoms with van der Waals surface area (Å²) in [4.78, 5) is 0. The second kappa shape index (κ2) is 4.95. The number of nitrogens with two attached hydrogens (primary N) is 1. The molecule has 0 radical (unpaired) electrons. The van der Waals surface area contributed by atoms with Crippen LogP contribution < -0.4 is 5.73 Å². The van der Waals surface area contributed by atoms with Gasteiger partial charge in [0.15, 0.2) is 0 Å². The molecule has 0 unspecified atom stereocenters. The van der Waals surface area contributed by atoms with Crippen LogP contribution in [-0.4, -0.2) is 5.71 Å². The SMILES string of the molecule is CC1(C)C=CC(N)=C1C(=N)c1cccc2c1C(C)(C)c1ccccc1-2. The molecule has 4 rings (SSSR count). The number of benzene rings is 2. The third-order valence-electron chi connectivity index (χ3n) is 5.71. The van der Waals surface area contributed by atoms with Crippen LogP contribution in [0, 0.1) is 10.8 Å². The van der Waals surface area contributed by atoms with E-state index in [2.05, 4.69) is 76.2 Å². The molecule has 3 N–H and O–H groups in total. The van der Waals surface area contributed by atoms with Crippen molar-refractivity contribution in [1.29, 1.82) is 5.41 Å². The lowest BCUT2D eigenvalue weighted by molar-refractivity contribution is 0.610. The first-order valence-corrected chi connectivity index (χ1v) is 8.77. The number of hydrogen-bond acceptors (Lipinski definition) is 2. The third kappa shape index (κ3) is 2.07. The molecule has 0 saturated heterocycles. The zero-order valence-corrected chi connectivity index (χ0v) is 15.3. The number of rotatable bonds is 2. The first-order chi connectivity index (χ1) is 11.7. The van der Waals surface area contributed by atoms with Gasteiger partial charge in [-0.1, -0.05) is 76.2 Å². The number of allylic oxidation sites excluding steroid dienone is 3. The molecule has 25 heavy (non-hydrogen) atoms. The summed E-state index contributed by atoms with van der Waals surface area (Å²) in [5.41, 5.74) is 14.2. The molecule has 0 amide bonds. The Morgan fingerprint density at radius 1 is 0.920 bits per heavy atom. The Morgan fingerprint density at radius 3 is 2.28 bits per heavy atom. The summed E-state index contributed by atoms with van der Waals surface area (Å²) in [7, 11) is 0. The summed E-state index contributed by atoms with van der Waals surface area (Å²) in [6.45, 7) is 8.75. The van der Waals surface area contributed by atoms with Crippen LogP contribution in [0.1, 0.15) is 44.4 Å². The topological polar surface area (TPSA) is 49.9 Å². The summed E-state index contributed by atoms with van der Waals surface area (Å²) in [5, 5.41) is 8.99. The lowest BCUT2D eigenvalue weighted by Crippen LogP contribution is -2.24. The lowest BCUT2D eigenvalue weighted by atomic mass is 9.75. The minimum absolute atomic E-state index is 0.125. The molecule has 2 nitrogen and oxygen atoms in total. The van der Waals surface area contributed by atoms with Crippen molar-refractivity contribution in [2.24, 2.45) is 11.1 Å². The highest BCUT2D eigenvalue weighted by Gasteiger charge is 2.39. The van der Waals surface area contributed by atoms with Gasteiger partial charge in [0, 0.05) is 27.7 Å². The predicted molar refractivity (Wildman–Crippen MR) is 105 cm³/mol. The fraction of sp³-hybridized carbons (Fsp3) is 0.261. The van der Waals surface area contributed by atoms with Crippen molar-refractivity contribution >= 4 is 5.71 Å². The van der Waals surface area contributed by atoms with Gasteiger partial charge in [0.05, 0.1) is 5.71 Å². The molecule has 126 valence electrons. The van der Waals surface area contributed by atoms with E-state index in [0.717, 1.165) is 11.1 Å². The molecule has 0 heterocycles. The van der Waals surface area contributed by atoms with Gasteiger partial charge in [-0.05, 0) is 28.3 Å². The quantitative estimate of drug-likeness (QED) is 0.734. The Morgan fingerprint density at radius 2 is 1.60 bits per heavy atom. The standard InChI is InChI=1S/C23H24N2/c1-22(2)13-12-18(24)20(22)21(25)16-10-7-9-15-14-8-5-6-11-17(14)23(3,4)19(15)16/h5-13,25H,24H2,1-4H3. The lowest BCUT2D eigenvalue weighted by Gasteiger charge is -2.28. The van der Waals surface area contributed by atoms with Gasteiger partial charge in [-0.25, -0.2) is 0 Å². The van der Waals surface area contributed by atoms with Gasteiger partial charge >= 0.3 is 0 Å². The van der Waals surface area contributed by atoms with E-state index in [1.165, 1.54) is 22.3 Å². The maximum Gasteiger partial charge on any atom is 0.0676 e. The zero-order chi connectivity index (χ0) is 18.0. The molecule has 0 spiro atoms. The molecule has 0 aliphatic heterocycles. The molecule has 2 heteroatoms. The molecule has 2 aromatic rings. The monoisotopic (exact) mass is 328 g/mol. The van der Waals surface area contributed by atoms with E-state index in [9.17, 15) is 0 Å². The second-order valence-corrected chi connectivity index (χ2v) is 8.16. The molecule has 0 aromatic heterocycles. The van der Waals surface area contributed by atoms with Crippen molar-refractivity contribution in [3.05, 3.63) is 82.6 Å². The van der Waals surface area contributed by atoms with Gasteiger partial charge in [0.2, 0.25) is 0 Å². The molecular weight excluding hydrogens is 304 g/mol. The predicted octanol–water partition coefficient (Wildman–Crippen LogP) is 5.17. The van der Waals surface area contributed by atoms with Gasteiger partial charge in [-0.15, -0.1) is 0 Å². The van der Waals surface area contributed by atoms with Crippen LogP contribution >= 0.6 is 0 Å². The molecule has 2 aromatic carbocycles. The van der Waals surface area contributed by atoms with Crippen molar-refractivity contribution in [3.63, 3.8) is 0 Å². The highest BCUT2D eigenvalue weighted by molar-refractivity contribution is 6.15. The molecular formula is C23H24N2. The first kappa shape index (κ1) is 15.9. The Bertz CT molecular complexity index is 971. The fourth-order valence-electron chi connectivity index (χ4n) is 4.49. The maximum absolute atomic E-state index is 8.99. The smallest absolute Gasteiger partial charge is 0.0676 e. The van der Waals surface area contributed by atoms with Crippen LogP contribution in [0.3, 0.4) is 0 Å². The van der Waals surface area contributed by atoms with Crippen molar-refractivity contribution in [3.8, 4) is 11.1 Å². The number of hydrogen-bond donors (Lipinski definition) is 2. The van der Waals surface area contributed by atoms with Crippen LogP contribution in [-0.2, 0) is 5.41 Å². The Labute approximate surface area is 149 Å². The molecule has 0 atom stereocenters. The van der Waals surface area contributed by atoms with E-state index in [1.807, 2.05) is 6.08 Å². The van der Waals surface area contributed by atoms with Crippen molar-refractivity contribution < 1.29 is 0 Å². The van der Waals surface area contributed by atoms with Gasteiger partial charge < -0.3 is 5.73 Å². The van der Waals surface area contributed by atoms with Crippen LogP contribution in [0.4, 0.5) is 0 Å². The van der Waals surface area contributed by atoms with E-state index in [0.29, 0.717) is 11.4 Å². The van der Waals surface area contributed by atoms with E-state index in [-0.39, 0.29) is 10.8 Å². The van der Waals surface area contributed by atoms with Gasteiger partial charge in [-0.3, -0.25) is 5.41 Å². The van der Waals surface area contributed by atoms with Crippen molar-refractivity contribution in [1.82, 2.24) is 0 Å². The van der Waals surface area contributed by atoms with Crippen LogP contribution in [0.15, 0.2) is 65.9 Å². The summed E-state index contributed by atoms with van der Waals surface area (Å²) >= 11 is 0. The van der Waals surface area contributed by atoms with E-state index < -0.39 is 0 Å². The summed E-state index contributed by atoms with van der Waals surface area (Å²) in [6, 6.07) is 14.9. The van der Waals surface area contributed by atoms with Crippen molar-refractivity contribution in [2.75, 3.05) is 0 Å². The van der Waals surface area contributed by atoms with Crippen LogP contribution in [0.2, 0.25) is 0 Å². The zero-order valence-electron chi connectivity index (χ0n) is 15.3. The van der Waals surface area contributed by atoms with Crippen LogP contribution in [0.25, 0.3) is 11.1 Å². The van der Waals surface area contributed by atoms with E-state index in [1.54, 1.807) is 0 Å². The molecule has 0 fully saturated rings. The average Bonchev–Trinajstić information content (AvgIpc) is 2.98. The third-order valence-corrected chi connectivity index (χ3v) is 5.71. The molecule has 0 saturated carbocycles. The summed E-state index contributed by atoms with van der Waals surface area (Å²) < 4.78 is 0. The first-order valence-electron chi connectivity index (χ1n) is 8.77. The van der Waals surface area contributed by atoms with Crippen LogP contribution in [0.5, 0.6) is 0 Å². The van der Waals surface area contributed by atoms with Crippen molar-refractivity contribution in [2.45, 2.75) is 33.1 Å². The highest BCUT2D eigenvalue weighted by atomic mass is 14.6. The number of nitrogens with one attached hydrogen (secondary N) is 1. The minimum Gasteiger partial charge on any atom is -0.398 e. The molecule has 2 aliphatic rings. The number of fused-ring (bicyclic) bond motifs is 3. The van der Waals surface area contributed by atoms with E-state index in [4.69, 9.17) is 11.1 Å². The summed E-state index contributed by atoms with van der Waals surface area (Å²) in [5.74, 6) is 0. The Kier molecular flexibility index (Phi) is 3.15. The largest absolute Gasteiger partial charge is 0.398 e. The maximum atomic E-state index is 8.99. The van der Waals surface area contributed by atoms with E-state index >= 15 is 0 Å². The van der Waals surface area contributed by atoms with Gasteiger partial charge in [0.25, 0.3) is 0 Å². The highest BCUT2D eigenvalue weighted by Crippen LogP contribution is 2.50. The normalized spacial score (nSPS) is 19.0. The average molecular weight is 328 g/mol. The fourth-order valence-corrected chi connectivity index (χ4v) is 4.49.